The standard InChI is InChI=1S/C11H9BrN2O2/c12-10-5-9(1-3-13-10)11(15)14-6-8-2-4-16-7-8/h1-5,7H,6H2,(H,14,15). The number of carbonyl (C=O) groups is 1. The van der Waals surface area contributed by atoms with Crippen molar-refractivity contribution in [3.63, 3.8) is 0 Å². The van der Waals surface area contributed by atoms with E-state index in [-0.39, 0.29) is 5.91 Å². The van der Waals surface area contributed by atoms with Crippen molar-refractivity contribution < 1.29 is 9.21 Å². The molecule has 0 saturated carbocycles. The number of aromatic nitrogens is 1. The van der Waals surface area contributed by atoms with Crippen molar-refractivity contribution in [3.8, 4) is 0 Å². The van der Waals surface area contributed by atoms with Gasteiger partial charge in [-0.1, -0.05) is 0 Å². The number of halogens is 1. The maximum atomic E-state index is 11.7. The number of amides is 1. The molecule has 0 saturated heterocycles. The molecule has 16 heavy (non-hydrogen) atoms. The average molecular weight is 281 g/mol. The quantitative estimate of drug-likeness (QED) is 0.879. The molecule has 0 aliphatic heterocycles. The number of carbonyl (C=O) groups excluding carboxylic acids is 1. The highest BCUT2D eigenvalue weighted by molar-refractivity contribution is 9.10. The Morgan fingerprint density at radius 2 is 2.38 bits per heavy atom. The van der Waals surface area contributed by atoms with Crippen LogP contribution in [-0.2, 0) is 6.54 Å². The minimum absolute atomic E-state index is 0.135. The average Bonchev–Trinajstić information content (AvgIpc) is 2.78. The van der Waals surface area contributed by atoms with Crippen LogP contribution in [0.15, 0.2) is 45.9 Å². The van der Waals surface area contributed by atoms with E-state index in [1.807, 2.05) is 6.07 Å². The van der Waals surface area contributed by atoms with Crippen molar-refractivity contribution in [3.05, 3.63) is 52.7 Å². The maximum Gasteiger partial charge on any atom is 0.251 e. The summed E-state index contributed by atoms with van der Waals surface area (Å²) in [5, 5.41) is 2.78. The van der Waals surface area contributed by atoms with Crippen LogP contribution in [-0.4, -0.2) is 10.9 Å². The summed E-state index contributed by atoms with van der Waals surface area (Å²) in [7, 11) is 0. The van der Waals surface area contributed by atoms with E-state index in [4.69, 9.17) is 4.42 Å². The van der Waals surface area contributed by atoms with Crippen molar-refractivity contribution in [1.29, 1.82) is 0 Å². The number of hydrogen-bond acceptors (Lipinski definition) is 3. The first-order valence-corrected chi connectivity index (χ1v) is 5.46. The van der Waals surface area contributed by atoms with Crippen molar-refractivity contribution >= 4 is 21.8 Å². The minimum atomic E-state index is -0.135. The summed E-state index contributed by atoms with van der Waals surface area (Å²) in [6.45, 7) is 0.454. The van der Waals surface area contributed by atoms with Crippen LogP contribution in [0.1, 0.15) is 15.9 Å². The van der Waals surface area contributed by atoms with Crippen molar-refractivity contribution in [2.24, 2.45) is 0 Å². The van der Waals surface area contributed by atoms with E-state index in [2.05, 4.69) is 26.2 Å². The Morgan fingerprint density at radius 1 is 1.50 bits per heavy atom. The molecule has 2 rings (SSSR count). The SMILES string of the molecule is O=C(NCc1ccoc1)c1ccnc(Br)c1. The Bertz CT molecular complexity index is 482. The molecule has 2 aromatic heterocycles. The van der Waals surface area contributed by atoms with Crippen molar-refractivity contribution in [1.82, 2.24) is 10.3 Å². The Kier molecular flexibility index (Phi) is 3.36. The lowest BCUT2D eigenvalue weighted by Crippen LogP contribution is -2.22. The largest absolute Gasteiger partial charge is 0.472 e. The molecule has 4 nitrogen and oxygen atoms in total. The molecule has 0 aliphatic rings. The van der Waals surface area contributed by atoms with Crippen LogP contribution in [0.4, 0.5) is 0 Å². The number of nitrogens with zero attached hydrogens (tertiary/aromatic N) is 1. The van der Waals surface area contributed by atoms with E-state index < -0.39 is 0 Å². The zero-order valence-corrected chi connectivity index (χ0v) is 9.90. The Hall–Kier alpha value is -1.62. The van der Waals surface area contributed by atoms with Crippen LogP contribution >= 0.6 is 15.9 Å². The fraction of sp³-hybridized carbons (Fsp3) is 0.0909. The lowest BCUT2D eigenvalue weighted by Gasteiger charge is -2.03. The van der Waals surface area contributed by atoms with Gasteiger partial charge < -0.3 is 9.73 Å². The van der Waals surface area contributed by atoms with Gasteiger partial charge in [-0.05, 0) is 34.1 Å². The van der Waals surface area contributed by atoms with Crippen LogP contribution < -0.4 is 5.32 Å². The molecule has 5 heteroatoms. The van der Waals surface area contributed by atoms with Gasteiger partial charge in [-0.3, -0.25) is 4.79 Å². The number of nitrogens with one attached hydrogen (secondary N) is 1. The van der Waals surface area contributed by atoms with E-state index in [0.717, 1.165) is 5.56 Å². The second-order valence-electron chi connectivity index (χ2n) is 3.18. The second kappa shape index (κ2) is 4.94. The predicted octanol–water partition coefficient (Wildman–Crippen LogP) is 2.37. The van der Waals surface area contributed by atoms with Gasteiger partial charge in [-0.15, -0.1) is 0 Å². The van der Waals surface area contributed by atoms with Crippen LogP contribution in [0.3, 0.4) is 0 Å². The summed E-state index contributed by atoms with van der Waals surface area (Å²) < 4.78 is 5.54. The highest BCUT2D eigenvalue weighted by atomic mass is 79.9. The molecule has 2 heterocycles. The van der Waals surface area contributed by atoms with Crippen LogP contribution in [0, 0.1) is 0 Å². The topological polar surface area (TPSA) is 55.1 Å². The smallest absolute Gasteiger partial charge is 0.251 e. The van der Waals surface area contributed by atoms with Crippen LogP contribution in [0.25, 0.3) is 0 Å². The third-order valence-corrected chi connectivity index (χ3v) is 2.46. The van der Waals surface area contributed by atoms with E-state index in [1.165, 1.54) is 0 Å². The molecule has 1 N–H and O–H groups in total. The molecule has 82 valence electrons. The number of pyridine rings is 1. The normalized spacial score (nSPS) is 10.1. The first-order valence-electron chi connectivity index (χ1n) is 4.66. The lowest BCUT2D eigenvalue weighted by molar-refractivity contribution is 0.0950. The number of rotatable bonds is 3. The molecule has 0 spiro atoms. The molecule has 0 radical (unpaired) electrons. The first-order chi connectivity index (χ1) is 7.75. The summed E-state index contributed by atoms with van der Waals surface area (Å²) in [5.41, 5.74) is 1.51. The summed E-state index contributed by atoms with van der Waals surface area (Å²) in [5.74, 6) is -0.135. The number of furan rings is 1. The molecule has 2 aromatic rings. The monoisotopic (exact) mass is 280 g/mol. The molecule has 0 atom stereocenters. The summed E-state index contributed by atoms with van der Waals surface area (Å²) in [6.07, 6.45) is 4.75. The van der Waals surface area contributed by atoms with Gasteiger partial charge >= 0.3 is 0 Å². The van der Waals surface area contributed by atoms with E-state index in [0.29, 0.717) is 16.7 Å². The fourth-order valence-electron chi connectivity index (χ4n) is 1.22. The molecule has 0 aliphatic carbocycles. The highest BCUT2D eigenvalue weighted by Crippen LogP contribution is 2.08. The lowest BCUT2D eigenvalue weighted by atomic mass is 10.2. The van der Waals surface area contributed by atoms with Crippen molar-refractivity contribution in [2.45, 2.75) is 6.54 Å². The Balaban J connectivity index is 1.98. The van der Waals surface area contributed by atoms with Gasteiger partial charge in [0.15, 0.2) is 0 Å². The van der Waals surface area contributed by atoms with Gasteiger partial charge in [-0.25, -0.2) is 4.98 Å². The zero-order chi connectivity index (χ0) is 11.4. The van der Waals surface area contributed by atoms with Crippen LogP contribution in [0.5, 0.6) is 0 Å². The predicted molar refractivity (Wildman–Crippen MR) is 61.8 cm³/mol. The van der Waals surface area contributed by atoms with E-state index in [1.54, 1.807) is 30.9 Å². The second-order valence-corrected chi connectivity index (χ2v) is 3.99. The molecule has 0 bridgehead atoms. The minimum Gasteiger partial charge on any atom is -0.472 e. The van der Waals surface area contributed by atoms with Gasteiger partial charge in [0.25, 0.3) is 5.91 Å². The summed E-state index contributed by atoms with van der Waals surface area (Å²) in [6, 6.07) is 5.14. The third kappa shape index (κ3) is 2.70. The van der Waals surface area contributed by atoms with Crippen LogP contribution in [0.2, 0.25) is 0 Å². The van der Waals surface area contributed by atoms with Gasteiger partial charge in [0.05, 0.1) is 12.5 Å². The molecule has 0 unspecified atom stereocenters. The first kappa shape index (κ1) is 10.9. The van der Waals surface area contributed by atoms with E-state index >= 15 is 0 Å². The molecular weight excluding hydrogens is 272 g/mol. The fourth-order valence-corrected chi connectivity index (χ4v) is 1.59. The number of hydrogen-bond donors (Lipinski definition) is 1. The highest BCUT2D eigenvalue weighted by Gasteiger charge is 2.05. The maximum absolute atomic E-state index is 11.7. The third-order valence-electron chi connectivity index (χ3n) is 2.02. The Morgan fingerprint density at radius 3 is 3.06 bits per heavy atom. The van der Waals surface area contributed by atoms with Gasteiger partial charge in [0.2, 0.25) is 0 Å². The Labute approximate surface area is 101 Å². The molecule has 1 amide bonds. The molecule has 0 aromatic carbocycles. The van der Waals surface area contributed by atoms with E-state index in [9.17, 15) is 4.79 Å². The molecule has 0 fully saturated rings. The zero-order valence-electron chi connectivity index (χ0n) is 8.31. The van der Waals surface area contributed by atoms with Gasteiger partial charge in [0, 0.05) is 23.9 Å². The van der Waals surface area contributed by atoms with Gasteiger partial charge in [-0.2, -0.15) is 0 Å². The molecular formula is C11H9BrN2O2. The van der Waals surface area contributed by atoms with Crippen molar-refractivity contribution in [2.75, 3.05) is 0 Å². The summed E-state index contributed by atoms with van der Waals surface area (Å²) in [4.78, 5) is 15.7. The summed E-state index contributed by atoms with van der Waals surface area (Å²) >= 11 is 3.21. The van der Waals surface area contributed by atoms with Gasteiger partial charge in [0.1, 0.15) is 4.60 Å².